The highest BCUT2D eigenvalue weighted by molar-refractivity contribution is 9.10. The first kappa shape index (κ1) is 22.2. The fourth-order valence-electron chi connectivity index (χ4n) is 2.44. The Morgan fingerprint density at radius 2 is 1.82 bits per heavy atom. The molecule has 0 aromatic heterocycles. The van der Waals surface area contributed by atoms with Crippen LogP contribution in [-0.2, 0) is 21.4 Å². The topological polar surface area (TPSA) is 57.7 Å². The number of likely N-dealkylation sites (N-methyl/N-ethyl adjacent to an activating group) is 1. The van der Waals surface area contributed by atoms with E-state index in [0.29, 0.717) is 4.47 Å². The van der Waals surface area contributed by atoms with Crippen molar-refractivity contribution in [2.75, 3.05) is 20.1 Å². The molecule has 0 heterocycles. The molecule has 0 N–H and O–H groups in total. The van der Waals surface area contributed by atoms with Gasteiger partial charge in [0, 0.05) is 30.2 Å². The molecule has 150 valence electrons. The Bertz CT molecular complexity index is 966. The fourth-order valence-corrected chi connectivity index (χ4v) is 3.97. The van der Waals surface area contributed by atoms with Crippen molar-refractivity contribution >= 4 is 31.9 Å². The van der Waals surface area contributed by atoms with Gasteiger partial charge in [0.05, 0.1) is 11.4 Å². The SMILES string of the molecule is C=CCN(Cc1cc(Br)ccc1F)C(=O)CN(C)S(=O)(=O)c1ccc(F)cc1. The molecule has 0 saturated carbocycles. The lowest BCUT2D eigenvalue weighted by atomic mass is 10.2. The van der Waals surface area contributed by atoms with Gasteiger partial charge in [-0.05, 0) is 42.5 Å². The van der Waals surface area contributed by atoms with E-state index in [1.54, 1.807) is 12.1 Å². The van der Waals surface area contributed by atoms with Gasteiger partial charge in [0.15, 0.2) is 0 Å². The number of benzene rings is 2. The molecule has 28 heavy (non-hydrogen) atoms. The molecule has 2 aromatic carbocycles. The lowest BCUT2D eigenvalue weighted by Crippen LogP contribution is -2.41. The van der Waals surface area contributed by atoms with Gasteiger partial charge in [-0.3, -0.25) is 4.79 Å². The van der Waals surface area contributed by atoms with Crippen LogP contribution in [0.3, 0.4) is 0 Å². The van der Waals surface area contributed by atoms with E-state index in [-0.39, 0.29) is 23.5 Å². The van der Waals surface area contributed by atoms with Crippen LogP contribution < -0.4 is 0 Å². The van der Waals surface area contributed by atoms with Crippen LogP contribution in [-0.4, -0.2) is 43.7 Å². The molecule has 0 spiro atoms. The molecule has 2 rings (SSSR count). The average Bonchev–Trinajstić information content (AvgIpc) is 2.64. The van der Waals surface area contributed by atoms with E-state index in [4.69, 9.17) is 0 Å². The molecular weight excluding hydrogens is 454 g/mol. The highest BCUT2D eigenvalue weighted by atomic mass is 79.9. The van der Waals surface area contributed by atoms with E-state index in [1.807, 2.05) is 0 Å². The van der Waals surface area contributed by atoms with Gasteiger partial charge in [0.1, 0.15) is 11.6 Å². The Labute approximate surface area is 171 Å². The Kier molecular flexibility index (Phi) is 7.45. The molecule has 0 radical (unpaired) electrons. The van der Waals surface area contributed by atoms with Gasteiger partial charge >= 0.3 is 0 Å². The maximum Gasteiger partial charge on any atom is 0.243 e. The number of hydrogen-bond donors (Lipinski definition) is 0. The van der Waals surface area contributed by atoms with Crippen LogP contribution in [0.2, 0.25) is 0 Å². The van der Waals surface area contributed by atoms with Crippen molar-refractivity contribution in [2.24, 2.45) is 0 Å². The van der Waals surface area contributed by atoms with Crippen molar-refractivity contribution in [2.45, 2.75) is 11.4 Å². The van der Waals surface area contributed by atoms with Gasteiger partial charge in [-0.15, -0.1) is 6.58 Å². The molecule has 0 fully saturated rings. The average molecular weight is 473 g/mol. The number of nitrogens with zero attached hydrogens (tertiary/aromatic N) is 2. The van der Waals surface area contributed by atoms with Crippen LogP contribution in [0.15, 0.2) is 64.5 Å². The van der Waals surface area contributed by atoms with Crippen molar-refractivity contribution < 1.29 is 22.0 Å². The highest BCUT2D eigenvalue weighted by Crippen LogP contribution is 2.19. The van der Waals surface area contributed by atoms with Crippen LogP contribution in [0.5, 0.6) is 0 Å². The predicted molar refractivity (Wildman–Crippen MR) is 106 cm³/mol. The summed E-state index contributed by atoms with van der Waals surface area (Å²) in [5, 5.41) is 0. The molecule has 9 heteroatoms. The summed E-state index contributed by atoms with van der Waals surface area (Å²) >= 11 is 3.26. The number of hydrogen-bond acceptors (Lipinski definition) is 3. The number of carbonyl (C=O) groups is 1. The largest absolute Gasteiger partial charge is 0.333 e. The van der Waals surface area contributed by atoms with E-state index in [2.05, 4.69) is 22.5 Å². The molecule has 0 bridgehead atoms. The van der Waals surface area contributed by atoms with Crippen molar-refractivity contribution in [1.82, 2.24) is 9.21 Å². The predicted octanol–water partition coefficient (Wildman–Crippen LogP) is 3.56. The Hall–Kier alpha value is -2.10. The normalized spacial score (nSPS) is 11.5. The molecule has 0 aliphatic heterocycles. The van der Waals surface area contributed by atoms with E-state index >= 15 is 0 Å². The molecule has 2 aromatic rings. The van der Waals surface area contributed by atoms with E-state index in [1.165, 1.54) is 24.1 Å². The molecular formula is C19H19BrF2N2O3S. The Morgan fingerprint density at radius 3 is 2.43 bits per heavy atom. The smallest absolute Gasteiger partial charge is 0.243 e. The first-order valence-electron chi connectivity index (χ1n) is 8.19. The van der Waals surface area contributed by atoms with Crippen molar-refractivity contribution in [3.05, 3.63) is 76.8 Å². The Balaban J connectivity index is 2.17. The summed E-state index contributed by atoms with van der Waals surface area (Å²) in [6.45, 7) is 3.21. The van der Waals surface area contributed by atoms with Gasteiger partial charge in [0.25, 0.3) is 0 Å². The molecule has 1 amide bonds. The van der Waals surface area contributed by atoms with Crippen LogP contribution in [0.4, 0.5) is 8.78 Å². The standard InChI is InChI=1S/C19H19BrF2N2O3S/c1-3-10-24(12-14-11-15(20)4-9-18(14)22)19(25)13-23(2)28(26,27)17-7-5-16(21)6-8-17/h3-9,11H,1,10,12-13H2,2H3. The van der Waals surface area contributed by atoms with Crippen LogP contribution in [0.1, 0.15) is 5.56 Å². The first-order valence-corrected chi connectivity index (χ1v) is 10.4. The van der Waals surface area contributed by atoms with Crippen LogP contribution >= 0.6 is 15.9 Å². The van der Waals surface area contributed by atoms with Crippen LogP contribution in [0, 0.1) is 11.6 Å². The van der Waals surface area contributed by atoms with E-state index in [9.17, 15) is 22.0 Å². The number of carbonyl (C=O) groups excluding carboxylic acids is 1. The second-order valence-electron chi connectivity index (χ2n) is 6.01. The van der Waals surface area contributed by atoms with E-state index in [0.717, 1.165) is 28.6 Å². The molecule has 0 unspecified atom stereocenters. The molecule has 0 aliphatic rings. The summed E-state index contributed by atoms with van der Waals surface area (Å²) in [6.07, 6.45) is 1.47. The number of amides is 1. The zero-order chi connectivity index (χ0) is 20.9. The fraction of sp³-hybridized carbons (Fsp3) is 0.211. The third-order valence-electron chi connectivity index (χ3n) is 3.95. The van der Waals surface area contributed by atoms with Crippen molar-refractivity contribution in [3.8, 4) is 0 Å². The van der Waals surface area contributed by atoms with Gasteiger partial charge < -0.3 is 4.90 Å². The summed E-state index contributed by atoms with van der Waals surface area (Å²) in [4.78, 5) is 13.8. The summed E-state index contributed by atoms with van der Waals surface area (Å²) in [7, 11) is -2.72. The number of rotatable bonds is 8. The summed E-state index contributed by atoms with van der Waals surface area (Å²) < 4.78 is 53.7. The molecule has 0 atom stereocenters. The number of halogens is 3. The van der Waals surface area contributed by atoms with Gasteiger partial charge in [0.2, 0.25) is 15.9 Å². The minimum Gasteiger partial charge on any atom is -0.333 e. The zero-order valence-electron chi connectivity index (χ0n) is 15.1. The summed E-state index contributed by atoms with van der Waals surface area (Å²) in [5.41, 5.74) is 0.286. The second-order valence-corrected chi connectivity index (χ2v) is 8.97. The van der Waals surface area contributed by atoms with E-state index < -0.39 is 34.1 Å². The zero-order valence-corrected chi connectivity index (χ0v) is 17.5. The maximum absolute atomic E-state index is 14.0. The Morgan fingerprint density at radius 1 is 1.18 bits per heavy atom. The maximum atomic E-state index is 14.0. The first-order chi connectivity index (χ1) is 13.1. The minimum absolute atomic E-state index is 0.0411. The van der Waals surface area contributed by atoms with Crippen molar-refractivity contribution in [3.63, 3.8) is 0 Å². The quantitative estimate of drug-likeness (QED) is 0.551. The third-order valence-corrected chi connectivity index (χ3v) is 6.26. The molecule has 0 saturated heterocycles. The summed E-state index contributed by atoms with van der Waals surface area (Å²) in [6, 6.07) is 8.69. The lowest BCUT2D eigenvalue weighted by molar-refractivity contribution is -0.131. The minimum atomic E-state index is -3.98. The molecule has 0 aliphatic carbocycles. The van der Waals surface area contributed by atoms with Gasteiger partial charge in [-0.2, -0.15) is 4.31 Å². The van der Waals surface area contributed by atoms with Crippen molar-refractivity contribution in [1.29, 1.82) is 0 Å². The highest BCUT2D eigenvalue weighted by Gasteiger charge is 2.25. The molecule has 5 nitrogen and oxygen atoms in total. The van der Waals surface area contributed by atoms with Gasteiger partial charge in [-0.25, -0.2) is 17.2 Å². The second kappa shape index (κ2) is 9.40. The van der Waals surface area contributed by atoms with Crippen LogP contribution in [0.25, 0.3) is 0 Å². The third kappa shape index (κ3) is 5.46. The number of sulfonamides is 1. The monoisotopic (exact) mass is 472 g/mol. The lowest BCUT2D eigenvalue weighted by Gasteiger charge is -2.25. The summed E-state index contributed by atoms with van der Waals surface area (Å²) in [5.74, 6) is -1.56. The van der Waals surface area contributed by atoms with Gasteiger partial charge in [-0.1, -0.05) is 22.0 Å².